The lowest BCUT2D eigenvalue weighted by Gasteiger charge is -2.32. The Morgan fingerprint density at radius 3 is 2.64 bits per heavy atom. The number of fused-ring (bicyclic) bond motifs is 2. The van der Waals surface area contributed by atoms with Crippen LogP contribution < -0.4 is 4.74 Å². The number of hydrogen-bond acceptors (Lipinski definition) is 8. The summed E-state index contributed by atoms with van der Waals surface area (Å²) < 4.78 is 21.5. The molecular formula is C30H46O9. The Bertz CT molecular complexity index is 904. The largest absolute Gasteiger partial charge is 0.482 e. The van der Waals surface area contributed by atoms with Gasteiger partial charge in [0.15, 0.2) is 6.61 Å². The average Bonchev–Trinajstić information content (AvgIpc) is 3.20. The first-order valence-corrected chi connectivity index (χ1v) is 14.4. The van der Waals surface area contributed by atoms with Gasteiger partial charge in [-0.15, -0.1) is 0 Å². The van der Waals surface area contributed by atoms with Crippen molar-refractivity contribution < 1.29 is 43.9 Å². The zero-order valence-electron chi connectivity index (χ0n) is 23.4. The highest BCUT2D eigenvalue weighted by atomic mass is 16.6. The van der Waals surface area contributed by atoms with Crippen molar-refractivity contribution in [2.24, 2.45) is 17.8 Å². The fourth-order valence-electron chi connectivity index (χ4n) is 6.05. The van der Waals surface area contributed by atoms with E-state index in [-0.39, 0.29) is 51.2 Å². The number of rotatable bonds is 18. The number of esters is 1. The Labute approximate surface area is 231 Å². The predicted molar refractivity (Wildman–Crippen MR) is 145 cm³/mol. The Balaban J connectivity index is 1.44. The summed E-state index contributed by atoms with van der Waals surface area (Å²) in [6, 6.07) is 5.93. The molecule has 0 aliphatic heterocycles. The molecule has 0 amide bonds. The molecule has 9 heteroatoms. The number of benzene rings is 1. The summed E-state index contributed by atoms with van der Waals surface area (Å²) in [6.07, 6.45) is 7.12. The highest BCUT2D eigenvalue weighted by molar-refractivity contribution is 5.71. The number of carboxylic acids is 1. The predicted octanol–water partition coefficient (Wildman–Crippen LogP) is 3.55. The summed E-state index contributed by atoms with van der Waals surface area (Å²) in [5.74, 6) is 0.121. The van der Waals surface area contributed by atoms with Gasteiger partial charge in [-0.3, -0.25) is 0 Å². The normalized spacial score (nSPS) is 23.5. The first-order valence-electron chi connectivity index (χ1n) is 14.4. The van der Waals surface area contributed by atoms with E-state index >= 15 is 0 Å². The van der Waals surface area contributed by atoms with Crippen molar-refractivity contribution in [3.63, 3.8) is 0 Å². The third kappa shape index (κ3) is 10.0. The number of aliphatic hydroxyl groups excluding tert-OH is 2. The second-order valence-corrected chi connectivity index (χ2v) is 11.0. The van der Waals surface area contributed by atoms with E-state index in [0.29, 0.717) is 17.6 Å². The molecule has 3 N–H and O–H groups in total. The van der Waals surface area contributed by atoms with Crippen LogP contribution in [0.5, 0.6) is 5.75 Å². The monoisotopic (exact) mass is 550 g/mol. The molecule has 1 unspecified atom stereocenters. The molecule has 220 valence electrons. The molecule has 0 spiro atoms. The van der Waals surface area contributed by atoms with Gasteiger partial charge in [0, 0.05) is 0 Å². The van der Waals surface area contributed by atoms with Crippen LogP contribution in [0.3, 0.4) is 0 Å². The molecule has 0 saturated heterocycles. The van der Waals surface area contributed by atoms with Gasteiger partial charge in [-0.05, 0) is 80.4 Å². The number of hydrogen-bond donors (Lipinski definition) is 3. The lowest BCUT2D eigenvalue weighted by molar-refractivity contribution is -0.154. The first kappa shape index (κ1) is 31.3. The lowest BCUT2D eigenvalue weighted by atomic mass is 9.73. The summed E-state index contributed by atoms with van der Waals surface area (Å²) in [7, 11) is 0. The number of carboxylic acid groups (broad SMARTS) is 1. The van der Waals surface area contributed by atoms with Gasteiger partial charge in [0.1, 0.15) is 18.5 Å². The highest BCUT2D eigenvalue weighted by Gasteiger charge is 2.44. The number of unbranched alkanes of at least 4 members (excludes halogenated alkanes) is 2. The number of aliphatic hydroxyl groups is 2. The zero-order chi connectivity index (χ0) is 28.2. The molecule has 1 fully saturated rings. The zero-order valence-corrected chi connectivity index (χ0v) is 23.4. The standard InChI is InChI=1S/C30H46O9/c1-3-4-5-8-23(31)10-11-24-25-14-21-7-6-9-28(26(21)15-22(25)16-27(24)32)38-19-30(35)39-20(2)17-36-12-13-37-18-29(33)34/h6-7,9,20,22-25,27,31-32H,3-5,8,10-19H2,1-2H3,(H,33,34)/t20?,22-,23-,24+,25-,27+/m0/s1. The van der Waals surface area contributed by atoms with Gasteiger partial charge in [-0.1, -0.05) is 38.3 Å². The van der Waals surface area contributed by atoms with Crippen molar-refractivity contribution >= 4 is 11.9 Å². The molecule has 9 nitrogen and oxygen atoms in total. The fraction of sp³-hybridized carbons (Fsp3) is 0.733. The summed E-state index contributed by atoms with van der Waals surface area (Å²) in [5, 5.41) is 29.8. The van der Waals surface area contributed by atoms with E-state index in [2.05, 4.69) is 13.0 Å². The number of carbonyl (C=O) groups is 2. The second kappa shape index (κ2) is 16.2. The van der Waals surface area contributed by atoms with E-state index < -0.39 is 18.0 Å². The maximum absolute atomic E-state index is 12.3. The quantitative estimate of drug-likeness (QED) is 0.185. The van der Waals surface area contributed by atoms with Gasteiger partial charge in [0.05, 0.1) is 32.0 Å². The fourth-order valence-corrected chi connectivity index (χ4v) is 6.05. The minimum atomic E-state index is -1.04. The minimum absolute atomic E-state index is 0.149. The smallest absolute Gasteiger partial charge is 0.344 e. The molecule has 6 atom stereocenters. The van der Waals surface area contributed by atoms with Crippen LogP contribution in [-0.4, -0.2) is 78.6 Å². The molecular weight excluding hydrogens is 504 g/mol. The van der Waals surface area contributed by atoms with Crippen molar-refractivity contribution in [2.75, 3.05) is 33.0 Å². The van der Waals surface area contributed by atoms with Crippen molar-refractivity contribution in [1.29, 1.82) is 0 Å². The van der Waals surface area contributed by atoms with E-state index in [9.17, 15) is 19.8 Å². The van der Waals surface area contributed by atoms with E-state index in [1.165, 1.54) is 5.56 Å². The number of ether oxygens (including phenoxy) is 4. The Kier molecular flexibility index (Phi) is 13.0. The SMILES string of the molecule is CCCCC[C@H](O)CC[C@@H]1[C@H]2Cc3cccc(OCC(=O)OC(C)COCCOCC(=O)O)c3C[C@H]2C[C@H]1O. The topological polar surface area (TPSA) is 132 Å². The van der Waals surface area contributed by atoms with Crippen LogP contribution in [-0.2, 0) is 36.6 Å². The van der Waals surface area contributed by atoms with Gasteiger partial charge >= 0.3 is 11.9 Å². The Morgan fingerprint density at radius 2 is 1.87 bits per heavy atom. The van der Waals surface area contributed by atoms with Gasteiger partial charge in [-0.2, -0.15) is 0 Å². The maximum atomic E-state index is 12.3. The van der Waals surface area contributed by atoms with Crippen LogP contribution in [0.15, 0.2) is 18.2 Å². The van der Waals surface area contributed by atoms with Crippen LogP contribution in [0.25, 0.3) is 0 Å². The van der Waals surface area contributed by atoms with Crippen molar-refractivity contribution in [2.45, 2.75) is 89.9 Å². The maximum Gasteiger partial charge on any atom is 0.344 e. The summed E-state index contributed by atoms with van der Waals surface area (Å²) in [5.41, 5.74) is 2.31. The molecule has 1 saturated carbocycles. The van der Waals surface area contributed by atoms with E-state index in [4.69, 9.17) is 24.1 Å². The van der Waals surface area contributed by atoms with Crippen LogP contribution in [0.4, 0.5) is 0 Å². The van der Waals surface area contributed by atoms with Crippen LogP contribution >= 0.6 is 0 Å². The van der Waals surface area contributed by atoms with Crippen molar-refractivity contribution in [3.8, 4) is 5.75 Å². The summed E-state index contributed by atoms with van der Waals surface area (Å²) in [6.45, 7) is 3.82. The molecule has 0 heterocycles. The van der Waals surface area contributed by atoms with Crippen LogP contribution in [0.2, 0.25) is 0 Å². The minimum Gasteiger partial charge on any atom is -0.482 e. The number of aliphatic carboxylic acids is 1. The summed E-state index contributed by atoms with van der Waals surface area (Å²) >= 11 is 0. The first-order chi connectivity index (χ1) is 18.8. The van der Waals surface area contributed by atoms with E-state index in [0.717, 1.165) is 63.4 Å². The third-order valence-electron chi connectivity index (χ3n) is 7.95. The van der Waals surface area contributed by atoms with Crippen molar-refractivity contribution in [3.05, 3.63) is 29.3 Å². The number of carbonyl (C=O) groups excluding carboxylic acids is 1. The molecule has 1 aromatic carbocycles. The lowest BCUT2D eigenvalue weighted by Crippen LogP contribution is -2.28. The molecule has 0 radical (unpaired) electrons. The molecule has 3 rings (SSSR count). The summed E-state index contributed by atoms with van der Waals surface area (Å²) in [4.78, 5) is 22.7. The highest BCUT2D eigenvalue weighted by Crippen LogP contribution is 2.48. The van der Waals surface area contributed by atoms with Crippen molar-refractivity contribution in [1.82, 2.24) is 0 Å². The Morgan fingerprint density at radius 1 is 1.08 bits per heavy atom. The molecule has 39 heavy (non-hydrogen) atoms. The molecule has 0 aromatic heterocycles. The average molecular weight is 551 g/mol. The molecule has 2 aliphatic carbocycles. The van der Waals surface area contributed by atoms with Gasteiger partial charge in [0.25, 0.3) is 0 Å². The second-order valence-electron chi connectivity index (χ2n) is 11.0. The van der Waals surface area contributed by atoms with E-state index in [1.54, 1.807) is 6.92 Å². The van der Waals surface area contributed by atoms with Gasteiger partial charge in [0.2, 0.25) is 0 Å². The third-order valence-corrected chi connectivity index (χ3v) is 7.95. The molecule has 1 aromatic rings. The molecule has 0 bridgehead atoms. The Hall–Kier alpha value is -2.20. The molecule has 2 aliphatic rings. The van der Waals surface area contributed by atoms with Crippen LogP contribution in [0.1, 0.15) is 69.9 Å². The van der Waals surface area contributed by atoms with Gasteiger partial charge < -0.3 is 34.3 Å². The van der Waals surface area contributed by atoms with E-state index in [1.807, 2.05) is 12.1 Å². The van der Waals surface area contributed by atoms with Crippen LogP contribution in [0, 0.1) is 17.8 Å². The van der Waals surface area contributed by atoms with Gasteiger partial charge in [-0.25, -0.2) is 9.59 Å².